The van der Waals surface area contributed by atoms with Crippen LogP contribution in [0.4, 0.5) is 5.82 Å². The number of carbonyl (C=O) groups is 1. The molecule has 1 aliphatic heterocycles. The van der Waals surface area contributed by atoms with Crippen molar-refractivity contribution < 1.29 is 14.6 Å². The van der Waals surface area contributed by atoms with E-state index in [1.54, 1.807) is 19.1 Å². The number of nitrogens with zero attached hydrogens (tertiary/aromatic N) is 2. The van der Waals surface area contributed by atoms with E-state index < -0.39 is 11.5 Å². The van der Waals surface area contributed by atoms with Crippen LogP contribution >= 0.6 is 0 Å². The molecule has 2 heterocycles. The van der Waals surface area contributed by atoms with Crippen molar-refractivity contribution in [3.8, 4) is 6.07 Å². The van der Waals surface area contributed by atoms with Gasteiger partial charge in [0.05, 0.1) is 5.56 Å². The fourth-order valence-electron chi connectivity index (χ4n) is 2.08. The Morgan fingerprint density at radius 1 is 1.53 bits per heavy atom. The predicted molar refractivity (Wildman–Crippen MR) is 67.7 cm³/mol. The highest BCUT2D eigenvalue weighted by Crippen LogP contribution is 2.27. The molecule has 0 bridgehead atoms. The van der Waals surface area contributed by atoms with Gasteiger partial charge in [-0.05, 0) is 19.1 Å². The summed E-state index contributed by atoms with van der Waals surface area (Å²) in [6.07, 6.45) is 0.700. The summed E-state index contributed by atoms with van der Waals surface area (Å²) in [6, 6.07) is 5.38. The van der Waals surface area contributed by atoms with Crippen LogP contribution in [0.2, 0.25) is 0 Å². The third-order valence-corrected chi connectivity index (χ3v) is 3.27. The number of aromatic nitrogens is 1. The first kappa shape index (κ1) is 13.3. The van der Waals surface area contributed by atoms with Crippen molar-refractivity contribution in [2.24, 2.45) is 0 Å². The first-order chi connectivity index (χ1) is 9.07. The molecule has 0 aliphatic carbocycles. The third-order valence-electron chi connectivity index (χ3n) is 3.27. The molecule has 0 saturated carbocycles. The summed E-state index contributed by atoms with van der Waals surface area (Å²) in [5, 5.41) is 21.5. The second-order valence-electron chi connectivity index (χ2n) is 4.59. The lowest BCUT2D eigenvalue weighted by atomic mass is 9.90. The molecular weight excluding hydrogens is 246 g/mol. The maximum atomic E-state index is 11.5. The molecule has 1 aliphatic rings. The van der Waals surface area contributed by atoms with Crippen molar-refractivity contribution in [3.05, 3.63) is 23.4 Å². The van der Waals surface area contributed by atoms with Gasteiger partial charge in [0.2, 0.25) is 0 Å². The minimum absolute atomic E-state index is 0.326. The summed E-state index contributed by atoms with van der Waals surface area (Å²) < 4.78 is 5.20. The first-order valence-electron chi connectivity index (χ1n) is 6.04. The highest BCUT2D eigenvalue weighted by Gasteiger charge is 2.41. The zero-order valence-corrected chi connectivity index (χ0v) is 10.6. The summed E-state index contributed by atoms with van der Waals surface area (Å²) in [7, 11) is 0. The molecule has 0 aromatic carbocycles. The number of aryl methyl sites for hydroxylation is 1. The van der Waals surface area contributed by atoms with Crippen molar-refractivity contribution in [2.75, 3.05) is 18.5 Å². The fraction of sp³-hybridized carbons (Fsp3) is 0.462. The number of anilines is 1. The molecule has 1 saturated heterocycles. The molecule has 0 atom stereocenters. The molecule has 100 valence electrons. The molecule has 0 unspecified atom stereocenters. The predicted octanol–water partition coefficient (Wildman–Crippen LogP) is 1.31. The highest BCUT2D eigenvalue weighted by atomic mass is 16.5. The van der Waals surface area contributed by atoms with Gasteiger partial charge >= 0.3 is 5.97 Å². The highest BCUT2D eigenvalue weighted by molar-refractivity contribution is 5.83. The van der Waals surface area contributed by atoms with Crippen molar-refractivity contribution in [2.45, 2.75) is 25.3 Å². The second kappa shape index (κ2) is 5.24. The minimum Gasteiger partial charge on any atom is -0.480 e. The third kappa shape index (κ3) is 2.66. The maximum absolute atomic E-state index is 11.5. The number of aliphatic carboxylic acids is 1. The summed E-state index contributed by atoms with van der Waals surface area (Å²) in [5.74, 6) is -0.616. The molecule has 0 amide bonds. The molecule has 6 heteroatoms. The van der Waals surface area contributed by atoms with Crippen LogP contribution in [-0.2, 0) is 9.53 Å². The number of carboxylic acid groups (broad SMARTS) is 1. The molecule has 2 rings (SSSR count). The van der Waals surface area contributed by atoms with E-state index in [1.165, 1.54) is 0 Å². The Morgan fingerprint density at radius 3 is 2.79 bits per heavy atom. The zero-order valence-electron chi connectivity index (χ0n) is 10.6. The van der Waals surface area contributed by atoms with Crippen molar-refractivity contribution in [1.82, 2.24) is 4.98 Å². The van der Waals surface area contributed by atoms with Gasteiger partial charge in [0, 0.05) is 31.7 Å². The van der Waals surface area contributed by atoms with Crippen LogP contribution in [0.15, 0.2) is 12.1 Å². The topological polar surface area (TPSA) is 95.2 Å². The van der Waals surface area contributed by atoms with Crippen LogP contribution in [0.5, 0.6) is 0 Å². The second-order valence-corrected chi connectivity index (χ2v) is 4.59. The summed E-state index contributed by atoms with van der Waals surface area (Å²) in [6.45, 7) is 2.56. The number of ether oxygens (including phenoxy) is 1. The molecule has 1 aromatic heterocycles. The van der Waals surface area contributed by atoms with Crippen LogP contribution < -0.4 is 5.32 Å². The lowest BCUT2D eigenvalue weighted by Crippen LogP contribution is -2.50. The minimum atomic E-state index is -1.11. The van der Waals surface area contributed by atoms with Crippen molar-refractivity contribution >= 4 is 11.8 Å². The van der Waals surface area contributed by atoms with Gasteiger partial charge in [-0.15, -0.1) is 0 Å². The van der Waals surface area contributed by atoms with Gasteiger partial charge < -0.3 is 15.2 Å². The first-order valence-corrected chi connectivity index (χ1v) is 6.04. The molecule has 0 spiro atoms. The number of hydrogen-bond donors (Lipinski definition) is 2. The van der Waals surface area contributed by atoms with E-state index in [-0.39, 0.29) is 0 Å². The number of rotatable bonds is 3. The normalized spacial score (nSPS) is 17.5. The van der Waals surface area contributed by atoms with E-state index in [2.05, 4.69) is 10.3 Å². The van der Waals surface area contributed by atoms with E-state index >= 15 is 0 Å². The number of nitrogens with one attached hydrogen (secondary N) is 1. The van der Waals surface area contributed by atoms with Gasteiger partial charge in [0.25, 0.3) is 0 Å². The van der Waals surface area contributed by atoms with Gasteiger partial charge in [0.15, 0.2) is 0 Å². The number of carboxylic acids is 1. The quantitative estimate of drug-likeness (QED) is 0.851. The number of nitriles is 1. The Balaban J connectivity index is 2.34. The molecule has 1 aromatic rings. The van der Waals surface area contributed by atoms with Gasteiger partial charge in [-0.3, -0.25) is 0 Å². The average molecular weight is 261 g/mol. The van der Waals surface area contributed by atoms with E-state index in [9.17, 15) is 9.90 Å². The van der Waals surface area contributed by atoms with Crippen LogP contribution in [0.25, 0.3) is 0 Å². The lowest BCUT2D eigenvalue weighted by molar-refractivity contribution is -0.145. The van der Waals surface area contributed by atoms with E-state index in [0.717, 1.165) is 5.69 Å². The number of pyridine rings is 1. The largest absolute Gasteiger partial charge is 0.480 e. The Hall–Kier alpha value is -2.13. The van der Waals surface area contributed by atoms with Crippen LogP contribution in [0.1, 0.15) is 24.1 Å². The van der Waals surface area contributed by atoms with Gasteiger partial charge in [-0.1, -0.05) is 0 Å². The SMILES string of the molecule is Cc1ccc(C#N)c(NC2(C(=O)O)CCOCC2)n1. The molecular formula is C13H15N3O3. The van der Waals surface area contributed by atoms with Crippen molar-refractivity contribution in [1.29, 1.82) is 5.26 Å². The average Bonchev–Trinajstić information content (AvgIpc) is 2.40. The number of hydrogen-bond acceptors (Lipinski definition) is 5. The van der Waals surface area contributed by atoms with Crippen LogP contribution in [-0.4, -0.2) is 34.8 Å². The van der Waals surface area contributed by atoms with Crippen molar-refractivity contribution in [3.63, 3.8) is 0 Å². The zero-order chi connectivity index (χ0) is 13.9. The lowest BCUT2D eigenvalue weighted by Gasteiger charge is -2.34. The Bertz CT molecular complexity index is 530. The molecule has 1 fully saturated rings. The Labute approximate surface area is 111 Å². The van der Waals surface area contributed by atoms with E-state index in [0.29, 0.717) is 37.4 Å². The summed E-state index contributed by atoms with van der Waals surface area (Å²) >= 11 is 0. The molecule has 2 N–H and O–H groups in total. The molecule has 6 nitrogen and oxygen atoms in total. The molecule has 19 heavy (non-hydrogen) atoms. The van der Waals surface area contributed by atoms with Gasteiger partial charge in [-0.2, -0.15) is 5.26 Å². The van der Waals surface area contributed by atoms with E-state index in [4.69, 9.17) is 10.00 Å². The molecule has 0 radical (unpaired) electrons. The maximum Gasteiger partial charge on any atom is 0.329 e. The van der Waals surface area contributed by atoms with Gasteiger partial charge in [0.1, 0.15) is 17.4 Å². The summed E-state index contributed by atoms with van der Waals surface area (Å²) in [5.41, 5.74) is -0.0307. The Kier molecular flexibility index (Phi) is 3.67. The van der Waals surface area contributed by atoms with Gasteiger partial charge in [-0.25, -0.2) is 9.78 Å². The van der Waals surface area contributed by atoms with Crippen LogP contribution in [0.3, 0.4) is 0 Å². The smallest absolute Gasteiger partial charge is 0.329 e. The van der Waals surface area contributed by atoms with Crippen LogP contribution in [0, 0.1) is 18.3 Å². The summed E-state index contributed by atoms with van der Waals surface area (Å²) in [4.78, 5) is 15.8. The fourth-order valence-corrected chi connectivity index (χ4v) is 2.08. The van der Waals surface area contributed by atoms with E-state index in [1.807, 2.05) is 6.07 Å². The monoisotopic (exact) mass is 261 g/mol. The Morgan fingerprint density at radius 2 is 2.21 bits per heavy atom. The standard InChI is InChI=1S/C13H15N3O3/c1-9-2-3-10(8-14)11(15-9)16-13(12(17)18)4-6-19-7-5-13/h2-3H,4-7H2,1H3,(H,15,16)(H,17,18).